The largest absolute Gasteiger partial charge is 0.354 e. The van der Waals surface area contributed by atoms with Crippen molar-refractivity contribution in [3.05, 3.63) is 58.0 Å². The Morgan fingerprint density at radius 2 is 1.88 bits per heavy atom. The number of H-pyrrole nitrogens is 1. The fourth-order valence-electron chi connectivity index (χ4n) is 4.89. The van der Waals surface area contributed by atoms with E-state index in [2.05, 4.69) is 37.0 Å². The SMILES string of the molecule is CC(C)c1c(-c2ccc(=O)n(C)c2)[nH]c2ccc(C3CCN(C(=O)CN(C)C)CC3)cc12. The molecule has 1 aliphatic heterocycles. The van der Waals surface area contributed by atoms with Gasteiger partial charge in [-0.3, -0.25) is 9.59 Å². The molecule has 3 heterocycles. The first-order valence-electron chi connectivity index (χ1n) is 11.5. The molecule has 4 rings (SSSR count). The summed E-state index contributed by atoms with van der Waals surface area (Å²) in [5.74, 6) is 1.04. The number of fused-ring (bicyclic) bond motifs is 1. The summed E-state index contributed by atoms with van der Waals surface area (Å²) in [5, 5.41) is 1.26. The van der Waals surface area contributed by atoms with Crippen LogP contribution in [-0.4, -0.2) is 59.0 Å². The highest BCUT2D eigenvalue weighted by atomic mass is 16.2. The quantitative estimate of drug-likeness (QED) is 0.662. The molecule has 1 N–H and O–H groups in total. The zero-order valence-corrected chi connectivity index (χ0v) is 19.8. The second-order valence-corrected chi connectivity index (χ2v) is 9.63. The highest BCUT2D eigenvalue weighted by Crippen LogP contribution is 2.38. The number of carbonyl (C=O) groups excluding carboxylic acids is 1. The predicted octanol–water partition coefficient (Wildman–Crippen LogP) is 3.92. The summed E-state index contributed by atoms with van der Waals surface area (Å²) in [4.78, 5) is 31.8. The van der Waals surface area contributed by atoms with Gasteiger partial charge in [-0.1, -0.05) is 19.9 Å². The van der Waals surface area contributed by atoms with Gasteiger partial charge in [0.2, 0.25) is 11.5 Å². The molecule has 0 saturated carbocycles. The van der Waals surface area contributed by atoms with Crippen molar-refractivity contribution in [2.45, 2.75) is 38.5 Å². The number of hydrogen-bond acceptors (Lipinski definition) is 3. The summed E-state index contributed by atoms with van der Waals surface area (Å²) in [6, 6.07) is 10.3. The molecule has 1 saturated heterocycles. The Labute approximate surface area is 189 Å². The first-order valence-corrected chi connectivity index (χ1v) is 11.5. The van der Waals surface area contributed by atoms with Crippen LogP contribution in [0.2, 0.25) is 0 Å². The zero-order valence-electron chi connectivity index (χ0n) is 19.8. The highest BCUT2D eigenvalue weighted by molar-refractivity contribution is 5.92. The van der Waals surface area contributed by atoms with Gasteiger partial charge in [0.05, 0.1) is 12.2 Å². The number of hydrogen-bond donors (Lipinski definition) is 1. The molecule has 0 atom stereocenters. The van der Waals surface area contributed by atoms with E-state index in [1.165, 1.54) is 16.5 Å². The van der Waals surface area contributed by atoms with Gasteiger partial charge >= 0.3 is 0 Å². The van der Waals surface area contributed by atoms with E-state index in [-0.39, 0.29) is 11.5 Å². The predicted molar refractivity (Wildman–Crippen MR) is 130 cm³/mol. The minimum Gasteiger partial charge on any atom is -0.354 e. The molecular formula is C26H34N4O2. The van der Waals surface area contributed by atoms with E-state index in [4.69, 9.17) is 0 Å². The number of amides is 1. The summed E-state index contributed by atoms with van der Waals surface area (Å²) in [5.41, 5.74) is 5.88. The molecule has 0 spiro atoms. The van der Waals surface area contributed by atoms with E-state index < -0.39 is 0 Å². The van der Waals surface area contributed by atoms with Crippen LogP contribution in [0.4, 0.5) is 0 Å². The fraction of sp³-hybridized carbons (Fsp3) is 0.462. The van der Waals surface area contributed by atoms with Crippen molar-refractivity contribution >= 4 is 16.8 Å². The normalized spacial score (nSPS) is 15.3. The smallest absolute Gasteiger partial charge is 0.250 e. The number of nitrogens with one attached hydrogen (secondary N) is 1. The van der Waals surface area contributed by atoms with Crippen LogP contribution in [0.15, 0.2) is 41.3 Å². The van der Waals surface area contributed by atoms with Crippen LogP contribution >= 0.6 is 0 Å². The molecule has 6 heteroatoms. The van der Waals surface area contributed by atoms with Crippen molar-refractivity contribution in [1.29, 1.82) is 0 Å². The lowest BCUT2D eigenvalue weighted by Crippen LogP contribution is -2.42. The monoisotopic (exact) mass is 434 g/mol. The molecule has 6 nitrogen and oxygen atoms in total. The minimum absolute atomic E-state index is 0.00588. The average molecular weight is 435 g/mol. The third kappa shape index (κ3) is 4.37. The maximum absolute atomic E-state index is 12.4. The first-order chi connectivity index (χ1) is 15.2. The zero-order chi connectivity index (χ0) is 23.0. The van der Waals surface area contributed by atoms with Crippen molar-refractivity contribution in [2.24, 2.45) is 7.05 Å². The number of carbonyl (C=O) groups is 1. The molecule has 0 bridgehead atoms. The third-order valence-electron chi connectivity index (χ3n) is 6.59. The number of nitrogens with zero attached hydrogens (tertiary/aromatic N) is 3. The molecule has 0 radical (unpaired) electrons. The lowest BCUT2D eigenvalue weighted by molar-refractivity contribution is -0.132. The van der Waals surface area contributed by atoms with E-state index in [0.29, 0.717) is 18.4 Å². The number of aromatic nitrogens is 2. The van der Waals surface area contributed by atoms with Crippen LogP contribution in [0, 0.1) is 0 Å². The Morgan fingerprint density at radius 3 is 2.50 bits per heavy atom. The number of benzene rings is 1. The van der Waals surface area contributed by atoms with E-state index in [1.54, 1.807) is 17.7 Å². The van der Waals surface area contributed by atoms with Crippen LogP contribution in [0.5, 0.6) is 0 Å². The van der Waals surface area contributed by atoms with Crippen molar-refractivity contribution < 1.29 is 4.79 Å². The molecular weight excluding hydrogens is 400 g/mol. The number of pyridine rings is 1. The van der Waals surface area contributed by atoms with E-state index in [9.17, 15) is 9.59 Å². The Bertz CT molecular complexity index is 1180. The molecule has 3 aromatic rings. The standard InChI is InChI=1S/C26H34N4O2/c1-17(2)25-21-14-19(18-10-12-30(13-11-18)24(32)16-28(3)4)6-8-22(21)27-26(25)20-7-9-23(31)29(5)15-20/h6-9,14-15,17-18,27H,10-13,16H2,1-5H3. The van der Waals surface area contributed by atoms with Crippen molar-refractivity contribution in [2.75, 3.05) is 33.7 Å². The summed E-state index contributed by atoms with van der Waals surface area (Å²) in [6.45, 7) is 6.56. The summed E-state index contributed by atoms with van der Waals surface area (Å²) < 4.78 is 1.63. The Morgan fingerprint density at radius 1 is 1.16 bits per heavy atom. The van der Waals surface area contributed by atoms with Crippen LogP contribution in [0.3, 0.4) is 0 Å². The van der Waals surface area contributed by atoms with Crippen molar-refractivity contribution in [1.82, 2.24) is 19.4 Å². The Hall–Kier alpha value is -2.86. The molecule has 0 unspecified atom stereocenters. The van der Waals surface area contributed by atoms with Gasteiger partial charge in [-0.15, -0.1) is 0 Å². The topological polar surface area (TPSA) is 61.3 Å². The Kier molecular flexibility index (Phi) is 6.24. The lowest BCUT2D eigenvalue weighted by atomic mass is 9.87. The summed E-state index contributed by atoms with van der Waals surface area (Å²) in [7, 11) is 5.66. The van der Waals surface area contributed by atoms with Gasteiger partial charge in [0.25, 0.3) is 0 Å². The number of likely N-dealkylation sites (N-methyl/N-ethyl adjacent to an activating group) is 1. The number of aromatic amines is 1. The fourth-order valence-corrected chi connectivity index (χ4v) is 4.89. The molecule has 1 aromatic carbocycles. The highest BCUT2D eigenvalue weighted by Gasteiger charge is 2.25. The molecule has 0 aliphatic carbocycles. The Balaban J connectivity index is 1.63. The summed E-state index contributed by atoms with van der Waals surface area (Å²) in [6.07, 6.45) is 3.90. The van der Waals surface area contributed by atoms with E-state index in [1.807, 2.05) is 36.2 Å². The second-order valence-electron chi connectivity index (χ2n) is 9.63. The number of likely N-dealkylation sites (tertiary alicyclic amines) is 1. The first kappa shape index (κ1) is 22.3. The van der Waals surface area contributed by atoms with Crippen molar-refractivity contribution in [3.63, 3.8) is 0 Å². The van der Waals surface area contributed by atoms with Crippen LogP contribution in [-0.2, 0) is 11.8 Å². The van der Waals surface area contributed by atoms with Gasteiger partial charge < -0.3 is 19.4 Å². The maximum Gasteiger partial charge on any atom is 0.250 e. The van der Waals surface area contributed by atoms with E-state index >= 15 is 0 Å². The van der Waals surface area contributed by atoms with Crippen LogP contribution in [0.25, 0.3) is 22.2 Å². The number of rotatable bonds is 5. The van der Waals surface area contributed by atoms with Gasteiger partial charge in [-0.25, -0.2) is 0 Å². The molecule has 170 valence electrons. The molecule has 32 heavy (non-hydrogen) atoms. The average Bonchev–Trinajstić information content (AvgIpc) is 3.14. The second kappa shape index (κ2) is 8.94. The minimum atomic E-state index is -0.00588. The molecule has 2 aromatic heterocycles. The number of aryl methyl sites for hydroxylation is 1. The van der Waals surface area contributed by atoms with Gasteiger partial charge in [-0.05, 0) is 68.1 Å². The van der Waals surface area contributed by atoms with Gasteiger partial charge in [0.15, 0.2) is 0 Å². The third-order valence-corrected chi connectivity index (χ3v) is 6.59. The van der Waals surface area contributed by atoms with Gasteiger partial charge in [0, 0.05) is 48.9 Å². The molecule has 1 amide bonds. The van der Waals surface area contributed by atoms with Gasteiger partial charge in [0.1, 0.15) is 0 Å². The summed E-state index contributed by atoms with van der Waals surface area (Å²) >= 11 is 0. The number of piperidine rings is 1. The molecule has 1 fully saturated rings. The van der Waals surface area contributed by atoms with E-state index in [0.717, 1.165) is 42.7 Å². The van der Waals surface area contributed by atoms with Gasteiger partial charge in [-0.2, -0.15) is 0 Å². The van der Waals surface area contributed by atoms with Crippen LogP contribution in [0.1, 0.15) is 49.7 Å². The lowest BCUT2D eigenvalue weighted by Gasteiger charge is -2.33. The molecule has 1 aliphatic rings. The maximum atomic E-state index is 12.4. The van der Waals surface area contributed by atoms with Crippen molar-refractivity contribution in [3.8, 4) is 11.3 Å². The van der Waals surface area contributed by atoms with Crippen LogP contribution < -0.4 is 5.56 Å².